The highest BCUT2D eigenvalue weighted by Gasteiger charge is 2.25. The fraction of sp³-hybridized carbons (Fsp3) is 0.571. The van der Waals surface area contributed by atoms with E-state index in [1.807, 2.05) is 0 Å². The van der Waals surface area contributed by atoms with Gasteiger partial charge in [0.25, 0.3) is 0 Å². The van der Waals surface area contributed by atoms with Crippen molar-refractivity contribution >= 4 is 0 Å². The summed E-state index contributed by atoms with van der Waals surface area (Å²) in [6, 6.07) is 4.90. The van der Waals surface area contributed by atoms with Gasteiger partial charge in [-0.3, -0.25) is 0 Å². The summed E-state index contributed by atoms with van der Waals surface area (Å²) in [5.74, 6) is 0.188. The van der Waals surface area contributed by atoms with Crippen molar-refractivity contribution in [3.8, 4) is 5.75 Å². The molecule has 0 aliphatic heterocycles. The Labute approximate surface area is 101 Å². The lowest BCUT2D eigenvalue weighted by Crippen LogP contribution is -2.18. The molecule has 1 aliphatic rings. The van der Waals surface area contributed by atoms with E-state index >= 15 is 0 Å². The molecule has 1 aliphatic carbocycles. The van der Waals surface area contributed by atoms with Crippen LogP contribution >= 0.6 is 0 Å². The normalized spacial score (nSPS) is 25.4. The molecule has 1 aromatic carbocycles. The monoisotopic (exact) mass is 238 g/mol. The molecule has 0 heterocycles. The minimum Gasteiger partial charge on any atom is -0.497 e. The molecule has 1 fully saturated rings. The lowest BCUT2D eigenvalue weighted by molar-refractivity contribution is 0.133. The third kappa shape index (κ3) is 2.78. The van der Waals surface area contributed by atoms with Crippen LogP contribution in [0.4, 0.5) is 4.39 Å². The van der Waals surface area contributed by atoms with Gasteiger partial charge >= 0.3 is 0 Å². The number of aliphatic hydroxyl groups excluding tert-OH is 1. The van der Waals surface area contributed by atoms with Crippen LogP contribution in [-0.2, 0) is 0 Å². The number of rotatable bonds is 2. The first kappa shape index (κ1) is 12.4. The highest BCUT2D eigenvalue weighted by molar-refractivity contribution is 5.31. The maximum Gasteiger partial charge on any atom is 0.130 e. The zero-order valence-corrected chi connectivity index (χ0v) is 10.2. The quantitative estimate of drug-likeness (QED) is 0.801. The van der Waals surface area contributed by atoms with Crippen molar-refractivity contribution in [2.24, 2.45) is 0 Å². The molecule has 0 spiro atoms. The van der Waals surface area contributed by atoms with Crippen molar-refractivity contribution in [1.29, 1.82) is 0 Å². The van der Waals surface area contributed by atoms with Crippen molar-refractivity contribution in [1.82, 2.24) is 0 Å². The Hall–Kier alpha value is -1.09. The molecule has 2 atom stereocenters. The van der Waals surface area contributed by atoms with Gasteiger partial charge < -0.3 is 9.84 Å². The van der Waals surface area contributed by atoms with Gasteiger partial charge in [-0.15, -0.1) is 0 Å². The first-order valence-corrected chi connectivity index (χ1v) is 6.24. The molecule has 0 saturated heterocycles. The van der Waals surface area contributed by atoms with E-state index in [1.165, 1.54) is 13.2 Å². The number of halogens is 1. The molecule has 2 unspecified atom stereocenters. The molecule has 1 saturated carbocycles. The van der Waals surface area contributed by atoms with E-state index in [0.717, 1.165) is 32.1 Å². The third-order valence-corrected chi connectivity index (χ3v) is 3.59. The molecule has 1 aromatic rings. The van der Waals surface area contributed by atoms with Gasteiger partial charge in [-0.05, 0) is 24.5 Å². The Kier molecular flexibility index (Phi) is 4.00. The van der Waals surface area contributed by atoms with Crippen LogP contribution in [0.25, 0.3) is 0 Å². The molecule has 2 rings (SSSR count). The largest absolute Gasteiger partial charge is 0.497 e. The van der Waals surface area contributed by atoms with E-state index in [2.05, 4.69) is 0 Å². The second-order valence-corrected chi connectivity index (χ2v) is 4.70. The Morgan fingerprint density at radius 3 is 2.71 bits per heavy atom. The first-order chi connectivity index (χ1) is 8.22. The highest BCUT2D eigenvalue weighted by Crippen LogP contribution is 2.34. The van der Waals surface area contributed by atoms with Crippen LogP contribution in [0.2, 0.25) is 0 Å². The maximum absolute atomic E-state index is 13.9. The van der Waals surface area contributed by atoms with Gasteiger partial charge in [0, 0.05) is 12.0 Å². The predicted octanol–water partition coefficient (Wildman–Crippen LogP) is 3.24. The number of hydrogen-bond donors (Lipinski definition) is 1. The van der Waals surface area contributed by atoms with Gasteiger partial charge in [0.05, 0.1) is 13.2 Å². The molecule has 0 radical (unpaired) electrons. The molecular formula is C14H19FO2. The minimum atomic E-state index is -0.416. The second kappa shape index (κ2) is 5.50. The summed E-state index contributed by atoms with van der Waals surface area (Å²) in [5, 5.41) is 10.1. The lowest BCUT2D eigenvalue weighted by atomic mass is 9.89. The Balaban J connectivity index is 2.25. The Morgan fingerprint density at radius 2 is 2.00 bits per heavy atom. The summed E-state index contributed by atoms with van der Waals surface area (Å²) in [6.45, 7) is 0. The van der Waals surface area contributed by atoms with Crippen LogP contribution < -0.4 is 4.74 Å². The van der Waals surface area contributed by atoms with Gasteiger partial charge in [-0.1, -0.05) is 25.3 Å². The predicted molar refractivity (Wildman–Crippen MR) is 64.8 cm³/mol. The topological polar surface area (TPSA) is 29.5 Å². The van der Waals surface area contributed by atoms with E-state index in [1.54, 1.807) is 12.1 Å². The van der Waals surface area contributed by atoms with E-state index in [4.69, 9.17) is 4.74 Å². The number of aliphatic hydroxyl groups is 1. The summed E-state index contributed by atoms with van der Waals surface area (Å²) < 4.78 is 18.9. The first-order valence-electron chi connectivity index (χ1n) is 6.24. The fourth-order valence-corrected chi connectivity index (χ4v) is 2.59. The summed E-state index contributed by atoms with van der Waals surface area (Å²) in [6.07, 6.45) is 4.45. The summed E-state index contributed by atoms with van der Waals surface area (Å²) >= 11 is 0. The van der Waals surface area contributed by atoms with Crippen LogP contribution in [0.5, 0.6) is 5.75 Å². The molecule has 1 N–H and O–H groups in total. The van der Waals surface area contributed by atoms with Crippen molar-refractivity contribution < 1.29 is 14.2 Å². The van der Waals surface area contributed by atoms with E-state index in [0.29, 0.717) is 11.3 Å². The van der Waals surface area contributed by atoms with Crippen molar-refractivity contribution in [3.63, 3.8) is 0 Å². The highest BCUT2D eigenvalue weighted by atomic mass is 19.1. The second-order valence-electron chi connectivity index (χ2n) is 4.70. The number of methoxy groups -OCH3 is 1. The number of benzene rings is 1. The molecule has 0 aromatic heterocycles. The van der Waals surface area contributed by atoms with Gasteiger partial charge in [0.2, 0.25) is 0 Å². The smallest absolute Gasteiger partial charge is 0.130 e. The third-order valence-electron chi connectivity index (χ3n) is 3.59. The van der Waals surface area contributed by atoms with Crippen LogP contribution in [-0.4, -0.2) is 18.3 Å². The zero-order chi connectivity index (χ0) is 12.3. The van der Waals surface area contributed by atoms with Crippen LogP contribution in [0.3, 0.4) is 0 Å². The SMILES string of the molecule is COc1ccc(C2CCCCCC2O)c(F)c1. The van der Waals surface area contributed by atoms with Gasteiger partial charge in [-0.2, -0.15) is 0 Å². The molecule has 3 heteroatoms. The number of hydrogen-bond acceptors (Lipinski definition) is 2. The van der Waals surface area contributed by atoms with E-state index in [-0.39, 0.29) is 11.7 Å². The molecule has 94 valence electrons. The lowest BCUT2D eigenvalue weighted by Gasteiger charge is -2.21. The maximum atomic E-state index is 13.9. The standard InChI is InChI=1S/C14H19FO2/c1-17-10-7-8-11(13(15)9-10)12-5-3-2-4-6-14(12)16/h7-9,12,14,16H,2-6H2,1H3. The van der Waals surface area contributed by atoms with E-state index < -0.39 is 6.10 Å². The molecule has 0 amide bonds. The molecular weight excluding hydrogens is 219 g/mol. The Bertz CT molecular complexity index is 378. The average Bonchev–Trinajstić information content (AvgIpc) is 2.54. The van der Waals surface area contributed by atoms with Gasteiger partial charge in [0.15, 0.2) is 0 Å². The van der Waals surface area contributed by atoms with Crippen LogP contribution in [0.15, 0.2) is 18.2 Å². The van der Waals surface area contributed by atoms with Crippen LogP contribution in [0.1, 0.15) is 43.6 Å². The minimum absolute atomic E-state index is 0.0663. The molecule has 2 nitrogen and oxygen atoms in total. The van der Waals surface area contributed by atoms with Gasteiger partial charge in [0.1, 0.15) is 11.6 Å². The Morgan fingerprint density at radius 1 is 1.24 bits per heavy atom. The fourth-order valence-electron chi connectivity index (χ4n) is 2.59. The molecule has 0 bridgehead atoms. The zero-order valence-electron chi connectivity index (χ0n) is 10.2. The average molecular weight is 238 g/mol. The molecule has 17 heavy (non-hydrogen) atoms. The van der Waals surface area contributed by atoms with Crippen molar-refractivity contribution in [2.75, 3.05) is 7.11 Å². The summed E-state index contributed by atoms with van der Waals surface area (Å²) in [7, 11) is 1.52. The van der Waals surface area contributed by atoms with E-state index in [9.17, 15) is 9.50 Å². The van der Waals surface area contributed by atoms with Gasteiger partial charge in [-0.25, -0.2) is 4.39 Å². The summed E-state index contributed by atoms with van der Waals surface area (Å²) in [4.78, 5) is 0. The van der Waals surface area contributed by atoms with Crippen LogP contribution in [0, 0.1) is 5.82 Å². The van der Waals surface area contributed by atoms with Crippen molar-refractivity contribution in [3.05, 3.63) is 29.6 Å². The van der Waals surface area contributed by atoms with Crippen molar-refractivity contribution in [2.45, 2.75) is 44.1 Å². The summed E-state index contributed by atoms with van der Waals surface area (Å²) in [5.41, 5.74) is 0.625. The number of ether oxygens (including phenoxy) is 1.